The Morgan fingerprint density at radius 1 is 1.42 bits per heavy atom. The highest BCUT2D eigenvalue weighted by molar-refractivity contribution is 5.97. The summed E-state index contributed by atoms with van der Waals surface area (Å²) in [5, 5.41) is 0. The van der Waals surface area contributed by atoms with Crippen LogP contribution in [0.15, 0.2) is 18.2 Å². The average Bonchev–Trinajstić information content (AvgIpc) is 2.62. The first-order valence-electron chi connectivity index (χ1n) is 8.12. The van der Waals surface area contributed by atoms with Crippen molar-refractivity contribution in [2.75, 3.05) is 53.7 Å². The number of amides is 1. The summed E-state index contributed by atoms with van der Waals surface area (Å²) in [6.07, 6.45) is 0.592. The zero-order chi connectivity index (χ0) is 17.4. The van der Waals surface area contributed by atoms with Crippen LogP contribution in [0.3, 0.4) is 0 Å². The minimum Gasteiger partial charge on any atom is -0.493 e. The maximum atomic E-state index is 12.8. The van der Waals surface area contributed by atoms with Crippen LogP contribution in [0.1, 0.15) is 16.8 Å². The average molecular weight is 338 g/mol. The van der Waals surface area contributed by atoms with E-state index in [0.29, 0.717) is 63.0 Å². The van der Waals surface area contributed by atoms with Crippen LogP contribution in [0, 0.1) is 0 Å². The minimum absolute atomic E-state index is 0.111. The molecule has 24 heavy (non-hydrogen) atoms. The molecular formula is C17H26N2O5. The van der Waals surface area contributed by atoms with Crippen LogP contribution in [0.2, 0.25) is 0 Å². The second kappa shape index (κ2) is 9.46. The second-order valence-corrected chi connectivity index (χ2v) is 5.58. The lowest BCUT2D eigenvalue weighted by Crippen LogP contribution is -2.40. The number of carbonyl (C=O) groups excluding carboxylic acids is 1. The fourth-order valence-corrected chi connectivity index (χ4v) is 2.49. The third kappa shape index (κ3) is 4.83. The van der Waals surface area contributed by atoms with Gasteiger partial charge in [0.15, 0.2) is 11.5 Å². The van der Waals surface area contributed by atoms with E-state index in [1.165, 1.54) is 0 Å². The first kappa shape index (κ1) is 18.5. The van der Waals surface area contributed by atoms with E-state index in [0.717, 1.165) is 0 Å². The molecule has 1 heterocycles. The fraction of sp³-hybridized carbons (Fsp3) is 0.588. The van der Waals surface area contributed by atoms with Gasteiger partial charge in [0, 0.05) is 13.6 Å². The maximum Gasteiger partial charge on any atom is 0.257 e. The van der Waals surface area contributed by atoms with Gasteiger partial charge >= 0.3 is 0 Å². The highest BCUT2D eigenvalue weighted by atomic mass is 16.6. The van der Waals surface area contributed by atoms with Gasteiger partial charge in [0.1, 0.15) is 0 Å². The molecule has 0 aliphatic carbocycles. The van der Waals surface area contributed by atoms with Gasteiger partial charge in [-0.2, -0.15) is 0 Å². The topological polar surface area (TPSA) is 83.2 Å². The SMILES string of the molecule is COc1cccc(C(=O)N(C)CC2COCCO2)c1OCCCN. The van der Waals surface area contributed by atoms with Gasteiger partial charge < -0.3 is 29.6 Å². The third-order valence-electron chi connectivity index (χ3n) is 3.73. The number of nitrogens with two attached hydrogens (primary N) is 1. The Bertz CT molecular complexity index is 532. The highest BCUT2D eigenvalue weighted by Crippen LogP contribution is 2.32. The van der Waals surface area contributed by atoms with Crippen LogP contribution < -0.4 is 15.2 Å². The number of para-hydroxylation sites is 1. The predicted molar refractivity (Wildman–Crippen MR) is 89.7 cm³/mol. The van der Waals surface area contributed by atoms with Crippen molar-refractivity contribution in [3.05, 3.63) is 23.8 Å². The Morgan fingerprint density at radius 2 is 2.25 bits per heavy atom. The van der Waals surface area contributed by atoms with Crippen molar-refractivity contribution in [1.29, 1.82) is 0 Å². The van der Waals surface area contributed by atoms with E-state index in [4.69, 9.17) is 24.7 Å². The molecule has 1 fully saturated rings. The first-order valence-corrected chi connectivity index (χ1v) is 8.12. The number of hydrogen-bond acceptors (Lipinski definition) is 6. The smallest absolute Gasteiger partial charge is 0.257 e. The molecule has 0 radical (unpaired) electrons. The molecule has 0 aromatic heterocycles. The van der Waals surface area contributed by atoms with Crippen molar-refractivity contribution in [3.63, 3.8) is 0 Å². The van der Waals surface area contributed by atoms with Crippen molar-refractivity contribution in [2.24, 2.45) is 5.73 Å². The van der Waals surface area contributed by atoms with Gasteiger partial charge in [0.25, 0.3) is 5.91 Å². The minimum atomic E-state index is -0.147. The standard InChI is InChI=1S/C17H26N2O5/c1-19(11-13-12-22-9-10-23-13)17(20)14-5-3-6-15(21-2)16(14)24-8-4-7-18/h3,5-6,13H,4,7-12,18H2,1-2H3. The van der Waals surface area contributed by atoms with E-state index in [9.17, 15) is 4.79 Å². The van der Waals surface area contributed by atoms with Gasteiger partial charge in [-0.3, -0.25) is 4.79 Å². The zero-order valence-electron chi connectivity index (χ0n) is 14.3. The van der Waals surface area contributed by atoms with Crippen LogP contribution in [-0.4, -0.2) is 70.6 Å². The molecule has 0 saturated carbocycles. The summed E-state index contributed by atoms with van der Waals surface area (Å²) in [4.78, 5) is 14.4. The molecule has 0 spiro atoms. The van der Waals surface area contributed by atoms with Crippen molar-refractivity contribution < 1.29 is 23.7 Å². The summed E-state index contributed by atoms with van der Waals surface area (Å²) in [5.41, 5.74) is 5.96. The van der Waals surface area contributed by atoms with Crippen LogP contribution in [0.25, 0.3) is 0 Å². The number of benzene rings is 1. The summed E-state index contributed by atoms with van der Waals surface area (Å²) in [7, 11) is 3.29. The molecule has 1 aromatic rings. The summed E-state index contributed by atoms with van der Waals surface area (Å²) in [5.74, 6) is 0.834. The van der Waals surface area contributed by atoms with E-state index in [1.54, 1.807) is 37.3 Å². The number of likely N-dealkylation sites (N-methyl/N-ethyl adjacent to an activating group) is 1. The Hall–Kier alpha value is -1.83. The predicted octanol–water partition coefficient (Wildman–Crippen LogP) is 0.910. The molecule has 134 valence electrons. The number of methoxy groups -OCH3 is 1. The quantitative estimate of drug-likeness (QED) is 0.710. The zero-order valence-corrected chi connectivity index (χ0v) is 14.3. The van der Waals surface area contributed by atoms with Crippen molar-refractivity contribution >= 4 is 5.91 Å². The molecule has 0 bridgehead atoms. The third-order valence-corrected chi connectivity index (χ3v) is 3.73. The lowest BCUT2D eigenvalue weighted by Gasteiger charge is -2.28. The second-order valence-electron chi connectivity index (χ2n) is 5.58. The van der Waals surface area contributed by atoms with Gasteiger partial charge in [0.2, 0.25) is 0 Å². The van der Waals surface area contributed by atoms with Gasteiger partial charge in [0.05, 0.1) is 45.2 Å². The van der Waals surface area contributed by atoms with E-state index < -0.39 is 0 Å². The maximum absolute atomic E-state index is 12.8. The molecule has 1 aliphatic rings. The summed E-state index contributed by atoms with van der Waals surface area (Å²) in [6.45, 7) is 3.06. The molecule has 2 N–H and O–H groups in total. The molecule has 7 nitrogen and oxygen atoms in total. The van der Waals surface area contributed by atoms with E-state index in [1.807, 2.05) is 0 Å². The van der Waals surface area contributed by atoms with Gasteiger partial charge in [-0.05, 0) is 25.1 Å². The van der Waals surface area contributed by atoms with Crippen molar-refractivity contribution in [2.45, 2.75) is 12.5 Å². The van der Waals surface area contributed by atoms with Gasteiger partial charge in [-0.15, -0.1) is 0 Å². The van der Waals surface area contributed by atoms with E-state index >= 15 is 0 Å². The highest BCUT2D eigenvalue weighted by Gasteiger charge is 2.24. The van der Waals surface area contributed by atoms with Gasteiger partial charge in [-0.1, -0.05) is 6.07 Å². The van der Waals surface area contributed by atoms with Crippen LogP contribution in [0.4, 0.5) is 0 Å². The molecule has 1 amide bonds. The Labute approximate surface area is 142 Å². The molecule has 1 aliphatic heterocycles. The largest absolute Gasteiger partial charge is 0.493 e. The lowest BCUT2D eigenvalue weighted by atomic mass is 10.1. The molecule has 1 saturated heterocycles. The molecule has 1 unspecified atom stereocenters. The van der Waals surface area contributed by atoms with Crippen LogP contribution >= 0.6 is 0 Å². The van der Waals surface area contributed by atoms with E-state index in [2.05, 4.69) is 0 Å². The Balaban J connectivity index is 2.11. The van der Waals surface area contributed by atoms with Crippen LogP contribution in [0.5, 0.6) is 11.5 Å². The van der Waals surface area contributed by atoms with Crippen LogP contribution in [-0.2, 0) is 9.47 Å². The summed E-state index contributed by atoms with van der Waals surface area (Å²) >= 11 is 0. The number of ether oxygens (including phenoxy) is 4. The van der Waals surface area contributed by atoms with Crippen molar-refractivity contribution in [3.8, 4) is 11.5 Å². The first-order chi connectivity index (χ1) is 11.7. The van der Waals surface area contributed by atoms with Gasteiger partial charge in [-0.25, -0.2) is 0 Å². The lowest BCUT2D eigenvalue weighted by molar-refractivity contribution is -0.0933. The number of carbonyl (C=O) groups is 1. The fourth-order valence-electron chi connectivity index (χ4n) is 2.49. The Morgan fingerprint density at radius 3 is 2.92 bits per heavy atom. The number of hydrogen-bond donors (Lipinski definition) is 1. The number of nitrogens with zero attached hydrogens (tertiary/aromatic N) is 1. The number of rotatable bonds is 8. The summed E-state index contributed by atoms with van der Waals surface area (Å²) < 4.78 is 22.1. The molecule has 7 heteroatoms. The van der Waals surface area contributed by atoms with Crippen molar-refractivity contribution in [1.82, 2.24) is 4.90 Å². The molecule has 1 aromatic carbocycles. The van der Waals surface area contributed by atoms with E-state index in [-0.39, 0.29) is 12.0 Å². The molecule has 1 atom stereocenters. The normalized spacial score (nSPS) is 17.4. The molecular weight excluding hydrogens is 312 g/mol. The molecule has 2 rings (SSSR count). The summed E-state index contributed by atoms with van der Waals surface area (Å²) in [6, 6.07) is 5.28. The Kier molecular flexibility index (Phi) is 7.30. The monoisotopic (exact) mass is 338 g/mol.